The Morgan fingerprint density at radius 2 is 2.05 bits per heavy atom. The SMILES string of the molecule is CCC(C(=O)NCCc1nc(C(=O)O)cs1)c1ccccc1. The van der Waals surface area contributed by atoms with Gasteiger partial charge < -0.3 is 10.4 Å². The summed E-state index contributed by atoms with van der Waals surface area (Å²) in [6.45, 7) is 2.44. The molecule has 0 radical (unpaired) electrons. The zero-order valence-electron chi connectivity index (χ0n) is 12.3. The highest BCUT2D eigenvalue weighted by molar-refractivity contribution is 7.09. The minimum Gasteiger partial charge on any atom is -0.476 e. The second-order valence-corrected chi connectivity index (χ2v) is 5.79. The highest BCUT2D eigenvalue weighted by atomic mass is 32.1. The molecule has 0 aliphatic heterocycles. The van der Waals surface area contributed by atoms with E-state index in [-0.39, 0.29) is 17.5 Å². The molecule has 1 aromatic heterocycles. The molecule has 1 unspecified atom stereocenters. The fraction of sp³-hybridized carbons (Fsp3) is 0.312. The number of aromatic nitrogens is 1. The molecule has 1 amide bonds. The molecule has 2 rings (SSSR count). The van der Waals surface area contributed by atoms with Crippen LogP contribution in [0.5, 0.6) is 0 Å². The van der Waals surface area contributed by atoms with Gasteiger partial charge in [0.25, 0.3) is 0 Å². The fourth-order valence-electron chi connectivity index (χ4n) is 2.20. The predicted octanol–water partition coefficient (Wildman–Crippen LogP) is 2.69. The van der Waals surface area contributed by atoms with E-state index < -0.39 is 5.97 Å². The van der Waals surface area contributed by atoms with Crippen molar-refractivity contribution in [3.63, 3.8) is 0 Å². The molecule has 0 fully saturated rings. The van der Waals surface area contributed by atoms with E-state index >= 15 is 0 Å². The van der Waals surface area contributed by atoms with Gasteiger partial charge in [-0.1, -0.05) is 37.3 Å². The van der Waals surface area contributed by atoms with Crippen molar-refractivity contribution in [1.82, 2.24) is 10.3 Å². The van der Waals surface area contributed by atoms with Crippen LogP contribution >= 0.6 is 11.3 Å². The van der Waals surface area contributed by atoms with Gasteiger partial charge in [0, 0.05) is 18.3 Å². The van der Waals surface area contributed by atoms with Crippen LogP contribution < -0.4 is 5.32 Å². The van der Waals surface area contributed by atoms with Crippen LogP contribution in [-0.2, 0) is 11.2 Å². The van der Waals surface area contributed by atoms with Gasteiger partial charge in [0.15, 0.2) is 5.69 Å². The number of rotatable bonds is 7. The fourth-order valence-corrected chi connectivity index (χ4v) is 2.97. The zero-order chi connectivity index (χ0) is 15.9. The maximum absolute atomic E-state index is 12.3. The smallest absolute Gasteiger partial charge is 0.355 e. The molecule has 0 spiro atoms. The van der Waals surface area contributed by atoms with Crippen molar-refractivity contribution in [3.05, 3.63) is 52.0 Å². The number of aromatic carboxylic acids is 1. The lowest BCUT2D eigenvalue weighted by Gasteiger charge is -2.15. The first-order valence-corrected chi connectivity index (χ1v) is 8.00. The molecule has 2 N–H and O–H groups in total. The van der Waals surface area contributed by atoms with Gasteiger partial charge in [0.2, 0.25) is 5.91 Å². The maximum atomic E-state index is 12.3. The molecular weight excluding hydrogens is 300 g/mol. The van der Waals surface area contributed by atoms with E-state index in [9.17, 15) is 9.59 Å². The van der Waals surface area contributed by atoms with Crippen molar-refractivity contribution in [1.29, 1.82) is 0 Å². The molecule has 0 aliphatic carbocycles. The predicted molar refractivity (Wildman–Crippen MR) is 85.3 cm³/mol. The third kappa shape index (κ3) is 4.14. The summed E-state index contributed by atoms with van der Waals surface area (Å²) in [7, 11) is 0. The van der Waals surface area contributed by atoms with E-state index in [0.717, 1.165) is 12.0 Å². The molecule has 116 valence electrons. The van der Waals surface area contributed by atoms with Crippen molar-refractivity contribution in [2.24, 2.45) is 0 Å². The molecule has 6 heteroatoms. The van der Waals surface area contributed by atoms with E-state index in [0.29, 0.717) is 18.0 Å². The van der Waals surface area contributed by atoms with Gasteiger partial charge in [-0.3, -0.25) is 4.79 Å². The van der Waals surface area contributed by atoms with Crippen molar-refractivity contribution in [2.45, 2.75) is 25.7 Å². The largest absolute Gasteiger partial charge is 0.476 e. The molecule has 1 aromatic carbocycles. The molecule has 0 saturated heterocycles. The Hall–Kier alpha value is -2.21. The number of carbonyl (C=O) groups excluding carboxylic acids is 1. The van der Waals surface area contributed by atoms with E-state index in [2.05, 4.69) is 10.3 Å². The molecular formula is C16H18N2O3S. The number of nitrogens with one attached hydrogen (secondary N) is 1. The van der Waals surface area contributed by atoms with Gasteiger partial charge in [-0.15, -0.1) is 11.3 Å². The molecule has 0 bridgehead atoms. The standard InChI is InChI=1S/C16H18N2O3S/c1-2-12(11-6-4-3-5-7-11)15(19)17-9-8-14-18-13(10-22-14)16(20)21/h3-7,10,12H,2,8-9H2,1H3,(H,17,19)(H,20,21). The number of amides is 1. The molecule has 1 atom stereocenters. The number of nitrogens with zero attached hydrogens (tertiary/aromatic N) is 1. The number of benzene rings is 1. The van der Waals surface area contributed by atoms with Crippen molar-refractivity contribution in [3.8, 4) is 0 Å². The van der Waals surface area contributed by atoms with E-state index in [4.69, 9.17) is 5.11 Å². The minimum atomic E-state index is -1.03. The lowest BCUT2D eigenvalue weighted by atomic mass is 9.96. The minimum absolute atomic E-state index is 0.0104. The number of carbonyl (C=O) groups is 2. The maximum Gasteiger partial charge on any atom is 0.355 e. The van der Waals surface area contributed by atoms with Crippen LogP contribution in [0.3, 0.4) is 0 Å². The average Bonchev–Trinajstić information content (AvgIpc) is 2.98. The van der Waals surface area contributed by atoms with Gasteiger partial charge in [0.05, 0.1) is 10.9 Å². The topological polar surface area (TPSA) is 79.3 Å². The van der Waals surface area contributed by atoms with Crippen LogP contribution in [0.15, 0.2) is 35.7 Å². The second-order valence-electron chi connectivity index (χ2n) is 4.84. The van der Waals surface area contributed by atoms with Gasteiger partial charge >= 0.3 is 5.97 Å². The van der Waals surface area contributed by atoms with Crippen LogP contribution in [0.1, 0.15) is 40.3 Å². The first-order chi connectivity index (χ1) is 10.6. The highest BCUT2D eigenvalue weighted by Gasteiger charge is 2.18. The Morgan fingerprint density at radius 1 is 1.32 bits per heavy atom. The van der Waals surface area contributed by atoms with Gasteiger partial charge in [0.1, 0.15) is 0 Å². The number of carboxylic acids is 1. The van der Waals surface area contributed by atoms with Crippen LogP contribution in [0.4, 0.5) is 0 Å². The third-order valence-electron chi connectivity index (χ3n) is 3.34. The lowest BCUT2D eigenvalue weighted by Crippen LogP contribution is -2.30. The first-order valence-electron chi connectivity index (χ1n) is 7.12. The zero-order valence-corrected chi connectivity index (χ0v) is 13.1. The van der Waals surface area contributed by atoms with E-state index in [1.165, 1.54) is 16.7 Å². The second kappa shape index (κ2) is 7.70. The summed E-state index contributed by atoms with van der Waals surface area (Å²) in [5.41, 5.74) is 1.06. The number of hydrogen-bond donors (Lipinski definition) is 2. The van der Waals surface area contributed by atoms with Crippen LogP contribution in [0, 0.1) is 0 Å². The van der Waals surface area contributed by atoms with Crippen molar-refractivity contribution >= 4 is 23.2 Å². The van der Waals surface area contributed by atoms with Gasteiger partial charge in [-0.05, 0) is 12.0 Å². The van der Waals surface area contributed by atoms with Crippen LogP contribution in [-0.4, -0.2) is 28.5 Å². The molecule has 0 saturated carbocycles. The summed E-state index contributed by atoms with van der Waals surface area (Å²) >= 11 is 1.30. The first kappa shape index (κ1) is 16.2. The van der Waals surface area contributed by atoms with Crippen LogP contribution in [0.25, 0.3) is 0 Å². The molecule has 1 heterocycles. The average molecular weight is 318 g/mol. The quantitative estimate of drug-likeness (QED) is 0.822. The summed E-state index contributed by atoms with van der Waals surface area (Å²) in [5.74, 6) is -1.20. The van der Waals surface area contributed by atoms with E-state index in [1.807, 2.05) is 37.3 Å². The summed E-state index contributed by atoms with van der Waals surface area (Å²) in [5, 5.41) is 13.9. The molecule has 0 aliphatic rings. The van der Waals surface area contributed by atoms with Gasteiger partial charge in [-0.2, -0.15) is 0 Å². The Kier molecular flexibility index (Phi) is 5.66. The Morgan fingerprint density at radius 3 is 2.64 bits per heavy atom. The third-order valence-corrected chi connectivity index (χ3v) is 4.24. The van der Waals surface area contributed by atoms with Crippen molar-refractivity contribution in [2.75, 3.05) is 6.54 Å². The monoisotopic (exact) mass is 318 g/mol. The summed E-state index contributed by atoms with van der Waals surface area (Å²) in [6, 6.07) is 9.68. The Labute approximate surface area is 133 Å². The van der Waals surface area contributed by atoms with E-state index in [1.54, 1.807) is 0 Å². The van der Waals surface area contributed by atoms with Crippen molar-refractivity contribution < 1.29 is 14.7 Å². The summed E-state index contributed by atoms with van der Waals surface area (Å²) in [6.07, 6.45) is 1.27. The molecule has 2 aromatic rings. The molecule has 22 heavy (non-hydrogen) atoms. The number of hydrogen-bond acceptors (Lipinski definition) is 4. The Bertz CT molecular complexity index is 640. The highest BCUT2D eigenvalue weighted by Crippen LogP contribution is 2.19. The number of thiazole rings is 1. The Balaban J connectivity index is 1.87. The summed E-state index contributed by atoms with van der Waals surface area (Å²) < 4.78 is 0. The molecule has 5 nitrogen and oxygen atoms in total. The normalized spacial score (nSPS) is 11.9. The number of carboxylic acid groups (broad SMARTS) is 1. The van der Waals surface area contributed by atoms with Crippen LogP contribution in [0.2, 0.25) is 0 Å². The summed E-state index contributed by atoms with van der Waals surface area (Å²) in [4.78, 5) is 27.0. The lowest BCUT2D eigenvalue weighted by molar-refractivity contribution is -0.122. The van der Waals surface area contributed by atoms with Gasteiger partial charge in [-0.25, -0.2) is 9.78 Å².